The maximum Gasteiger partial charge on any atom is 0.321 e. The first kappa shape index (κ1) is 36.4. The third-order valence-corrected chi connectivity index (χ3v) is 10.6. The average Bonchev–Trinajstić information content (AvgIpc) is 3.33. The molecule has 0 saturated heterocycles. The number of anilines is 1. The molecular weight excluding hydrogens is 626 g/mol. The van der Waals surface area contributed by atoms with Crippen molar-refractivity contribution < 1.29 is 33.3 Å². The molecule has 0 aromatic heterocycles. The Bertz CT molecular complexity index is 1660. The number of aliphatic hydroxyl groups excluding tert-OH is 1. The van der Waals surface area contributed by atoms with E-state index in [1.807, 2.05) is 49.4 Å². The first-order valence-electron chi connectivity index (χ1n) is 17.2. The van der Waals surface area contributed by atoms with Gasteiger partial charge >= 0.3 is 6.03 Å². The summed E-state index contributed by atoms with van der Waals surface area (Å²) in [7, 11) is 1.61. The molecule has 4 atom stereocenters. The summed E-state index contributed by atoms with van der Waals surface area (Å²) in [5.74, 6) is -2.89. The Kier molecular flexibility index (Phi) is 11.7. The van der Waals surface area contributed by atoms with Gasteiger partial charge in [0.15, 0.2) is 17.4 Å². The van der Waals surface area contributed by atoms with E-state index in [1.165, 1.54) is 6.07 Å². The van der Waals surface area contributed by atoms with E-state index in [2.05, 4.69) is 18.3 Å². The molecule has 3 aliphatic rings. The lowest BCUT2D eigenvalue weighted by Gasteiger charge is -2.46. The number of hydrogen-bond donors (Lipinski definition) is 3. The lowest BCUT2D eigenvalue weighted by atomic mass is 9.64. The summed E-state index contributed by atoms with van der Waals surface area (Å²) in [5.41, 5.74) is 1.54. The monoisotopic (exact) mass is 674 g/mol. The molecule has 2 amide bonds. The molecule has 3 aliphatic carbocycles. The van der Waals surface area contributed by atoms with Crippen LogP contribution in [0.2, 0.25) is 0 Å². The summed E-state index contributed by atoms with van der Waals surface area (Å²) in [6.45, 7) is 4.99. The van der Waals surface area contributed by atoms with Gasteiger partial charge in [0.25, 0.3) is 0 Å². The molecule has 7 nitrogen and oxygen atoms in total. The molecule has 49 heavy (non-hydrogen) atoms. The van der Waals surface area contributed by atoms with Crippen LogP contribution in [0.15, 0.2) is 78.4 Å². The number of hydrogen-bond acceptors (Lipinski definition) is 5. The number of benzene rings is 3. The van der Waals surface area contributed by atoms with Crippen LogP contribution in [-0.2, 0) is 11.2 Å². The van der Waals surface area contributed by atoms with Crippen LogP contribution >= 0.6 is 0 Å². The molecule has 0 unspecified atom stereocenters. The standard InChI is InChI=1S/C40H48F2N2O5/c1-27-9-7-19-39(2)34(18-20-40(39,48)26-44(21-8-22-49-3)38(47)43-30-10-5-4-6-11-30)32-16-13-28(23-31(45)15-12-27)24-33(32)37(46)29-14-17-35(41)36(42)25-29/h4-6,9-11,13-14,16-17,24-25,31,34,45,48H,7-8,12,15,18-23,26H2,1-3H3,(H,43,47)/t31-,34-,39-,40+/m0/s1. The molecule has 1 saturated carbocycles. The fraction of sp³-hybridized carbons (Fsp3) is 0.450. The van der Waals surface area contributed by atoms with Gasteiger partial charge in [-0.1, -0.05) is 48.9 Å². The van der Waals surface area contributed by atoms with Crippen molar-refractivity contribution in [2.45, 2.75) is 82.8 Å². The van der Waals surface area contributed by atoms with Gasteiger partial charge in [0, 0.05) is 42.5 Å². The predicted molar refractivity (Wildman–Crippen MR) is 187 cm³/mol. The molecule has 0 radical (unpaired) electrons. The number of ketones is 1. The van der Waals surface area contributed by atoms with Crippen molar-refractivity contribution in [2.24, 2.45) is 5.41 Å². The minimum Gasteiger partial charge on any atom is -0.393 e. The van der Waals surface area contributed by atoms with Gasteiger partial charge in [-0.05, 0) is 112 Å². The highest BCUT2D eigenvalue weighted by atomic mass is 19.2. The van der Waals surface area contributed by atoms with E-state index in [1.54, 1.807) is 18.1 Å². The number of urea groups is 1. The third-order valence-electron chi connectivity index (χ3n) is 10.6. The first-order valence-corrected chi connectivity index (χ1v) is 17.2. The fourth-order valence-electron chi connectivity index (χ4n) is 7.68. The van der Waals surface area contributed by atoms with Crippen molar-refractivity contribution >= 4 is 17.5 Å². The Balaban J connectivity index is 1.57. The number of nitrogens with one attached hydrogen (secondary N) is 1. The average molecular weight is 675 g/mol. The number of fused-ring (bicyclic) bond motifs is 8. The fourth-order valence-corrected chi connectivity index (χ4v) is 7.68. The molecular formula is C40H48F2N2O5. The molecule has 6 rings (SSSR count). The minimum absolute atomic E-state index is 0.0226. The number of allylic oxidation sites excluding steroid dienone is 2. The van der Waals surface area contributed by atoms with Gasteiger partial charge in [0.05, 0.1) is 18.2 Å². The molecule has 9 heteroatoms. The van der Waals surface area contributed by atoms with E-state index in [-0.39, 0.29) is 24.1 Å². The van der Waals surface area contributed by atoms with Crippen LogP contribution in [0.5, 0.6) is 0 Å². The van der Waals surface area contributed by atoms with Crippen molar-refractivity contribution in [3.63, 3.8) is 0 Å². The van der Waals surface area contributed by atoms with Crippen LogP contribution in [0.1, 0.15) is 91.8 Å². The van der Waals surface area contributed by atoms with Crippen LogP contribution in [0.4, 0.5) is 19.3 Å². The van der Waals surface area contributed by atoms with E-state index < -0.39 is 34.5 Å². The van der Waals surface area contributed by atoms with Gasteiger partial charge < -0.3 is 25.2 Å². The highest BCUT2D eigenvalue weighted by Crippen LogP contribution is 2.59. The van der Waals surface area contributed by atoms with Gasteiger partial charge in [-0.3, -0.25) is 4.79 Å². The second-order valence-corrected chi connectivity index (χ2v) is 14.0. The second kappa shape index (κ2) is 15.7. The molecule has 0 spiro atoms. The molecule has 3 aromatic carbocycles. The molecule has 0 aliphatic heterocycles. The highest BCUT2D eigenvalue weighted by Gasteiger charge is 2.57. The maximum atomic E-state index is 14.3. The van der Waals surface area contributed by atoms with Crippen molar-refractivity contribution in [1.29, 1.82) is 0 Å². The molecule has 3 aromatic rings. The molecule has 3 N–H and O–H groups in total. The van der Waals surface area contributed by atoms with Crippen molar-refractivity contribution in [2.75, 3.05) is 32.1 Å². The summed E-state index contributed by atoms with van der Waals surface area (Å²) < 4.78 is 33.5. The Morgan fingerprint density at radius 3 is 2.53 bits per heavy atom. The normalized spacial score (nSPS) is 24.1. The third kappa shape index (κ3) is 8.28. The maximum absolute atomic E-state index is 14.3. The van der Waals surface area contributed by atoms with Crippen molar-refractivity contribution in [1.82, 2.24) is 4.90 Å². The summed E-state index contributed by atoms with van der Waals surface area (Å²) in [5, 5.41) is 26.6. The second-order valence-electron chi connectivity index (χ2n) is 14.0. The Morgan fingerprint density at radius 1 is 1.02 bits per heavy atom. The Labute approximate surface area is 288 Å². The zero-order valence-electron chi connectivity index (χ0n) is 28.7. The SMILES string of the molecule is COCCCN(C[C@]1(O)CC[C@H]2c3ccc(cc3C(=O)c3ccc(F)c(F)c3)C[C@@H](O)CCC(C)=CCC[C@@]21C)C(=O)Nc1ccccc1. The molecule has 2 bridgehead atoms. The minimum atomic E-state index is -1.32. The highest BCUT2D eigenvalue weighted by molar-refractivity contribution is 6.10. The molecule has 262 valence electrons. The van der Waals surface area contributed by atoms with Crippen LogP contribution in [0.25, 0.3) is 0 Å². The number of carbonyl (C=O) groups excluding carboxylic acids is 2. The van der Waals surface area contributed by atoms with Gasteiger partial charge in [-0.2, -0.15) is 0 Å². The quantitative estimate of drug-likeness (QED) is 0.122. The van der Waals surface area contributed by atoms with Crippen LogP contribution < -0.4 is 5.32 Å². The summed E-state index contributed by atoms with van der Waals surface area (Å²) in [6.07, 6.45) is 5.87. The van der Waals surface area contributed by atoms with Crippen LogP contribution in [0, 0.1) is 17.0 Å². The number of carbonyl (C=O) groups is 2. The number of halogens is 2. The lowest BCUT2D eigenvalue weighted by Crippen LogP contribution is -2.54. The smallest absolute Gasteiger partial charge is 0.321 e. The summed E-state index contributed by atoms with van der Waals surface area (Å²) in [4.78, 5) is 29.5. The van der Waals surface area contributed by atoms with E-state index in [4.69, 9.17) is 4.74 Å². The zero-order valence-corrected chi connectivity index (χ0v) is 28.7. The topological polar surface area (TPSA) is 99.1 Å². The number of aliphatic hydroxyl groups is 2. The number of amides is 2. The largest absolute Gasteiger partial charge is 0.393 e. The lowest BCUT2D eigenvalue weighted by molar-refractivity contribution is -0.0767. The van der Waals surface area contributed by atoms with Crippen LogP contribution in [0.3, 0.4) is 0 Å². The van der Waals surface area contributed by atoms with Gasteiger partial charge in [0.2, 0.25) is 0 Å². The predicted octanol–water partition coefficient (Wildman–Crippen LogP) is 7.80. The first-order chi connectivity index (χ1) is 23.4. The van der Waals surface area contributed by atoms with Gasteiger partial charge in [-0.25, -0.2) is 13.6 Å². The Morgan fingerprint density at radius 2 is 1.80 bits per heavy atom. The van der Waals surface area contributed by atoms with E-state index in [0.717, 1.165) is 23.3 Å². The van der Waals surface area contributed by atoms with E-state index >= 15 is 0 Å². The van der Waals surface area contributed by atoms with Gasteiger partial charge in [-0.15, -0.1) is 0 Å². The Hall–Kier alpha value is -3.92. The number of para-hydroxylation sites is 1. The number of nitrogens with zero attached hydrogens (tertiary/aromatic N) is 1. The van der Waals surface area contributed by atoms with Crippen molar-refractivity contribution in [3.05, 3.63) is 112 Å². The number of rotatable bonds is 9. The number of ether oxygens (including phenoxy) is 1. The molecule has 1 fully saturated rings. The van der Waals surface area contributed by atoms with E-state index in [0.29, 0.717) is 81.3 Å². The summed E-state index contributed by atoms with van der Waals surface area (Å²) in [6, 6.07) is 17.6. The van der Waals surface area contributed by atoms with Crippen molar-refractivity contribution in [3.8, 4) is 0 Å². The zero-order chi connectivity index (χ0) is 35.2. The number of methoxy groups -OCH3 is 1. The van der Waals surface area contributed by atoms with Crippen LogP contribution in [-0.4, -0.2) is 65.4 Å². The van der Waals surface area contributed by atoms with E-state index in [9.17, 15) is 28.6 Å². The summed E-state index contributed by atoms with van der Waals surface area (Å²) >= 11 is 0. The molecule has 0 heterocycles. The van der Waals surface area contributed by atoms with Gasteiger partial charge in [0.1, 0.15) is 0 Å².